The Kier molecular flexibility index (Phi) is 8.25. The molecule has 2 heterocycles. The van der Waals surface area contributed by atoms with E-state index < -0.39 is 38.5 Å². The van der Waals surface area contributed by atoms with Gasteiger partial charge in [-0.15, -0.1) is 4.36 Å². The van der Waals surface area contributed by atoms with E-state index in [0.29, 0.717) is 36.2 Å². The van der Waals surface area contributed by atoms with Crippen LogP contribution in [-0.2, 0) is 31.3 Å². The van der Waals surface area contributed by atoms with Crippen LogP contribution >= 0.6 is 11.6 Å². The Morgan fingerprint density at radius 3 is 2.70 bits per heavy atom. The highest BCUT2D eigenvalue weighted by Crippen LogP contribution is 2.81. The number of anilines is 1. The maximum absolute atomic E-state index is 14.7. The van der Waals surface area contributed by atoms with E-state index in [-0.39, 0.29) is 35.7 Å². The van der Waals surface area contributed by atoms with Crippen LogP contribution in [0.1, 0.15) is 80.8 Å². The lowest BCUT2D eigenvalue weighted by molar-refractivity contribution is -0.137. The molecule has 268 valence electrons. The van der Waals surface area contributed by atoms with Crippen molar-refractivity contribution in [2.45, 2.75) is 88.1 Å². The SMILES string of the molecule is COC1/C=C/CC(C)C(C)S(=O)(NC(=O)C2CC(C)(O)C2)=NC(=O)c2ccc3c(c2)N(CC2(CCCc4cc(Cl)ccc42)CO3)CC23CC2C13. The van der Waals surface area contributed by atoms with Crippen LogP contribution in [0, 0.1) is 29.1 Å². The number of methoxy groups -OCH3 is 1. The van der Waals surface area contributed by atoms with Crippen molar-refractivity contribution in [1.29, 1.82) is 0 Å². The number of hydrogen-bond donors (Lipinski definition) is 2. The van der Waals surface area contributed by atoms with Crippen molar-refractivity contribution in [1.82, 2.24) is 4.72 Å². The zero-order valence-electron chi connectivity index (χ0n) is 29.3. The molecule has 8 unspecified atom stereocenters. The number of carbonyl (C=O) groups excluding carboxylic acids is 2. The quantitative estimate of drug-likeness (QED) is 0.360. The average Bonchev–Trinajstić information content (AvgIpc) is 3.95. The molecule has 4 aliphatic carbocycles. The van der Waals surface area contributed by atoms with Crippen molar-refractivity contribution >= 4 is 39.0 Å². The number of carbonyl (C=O) groups is 2. The summed E-state index contributed by atoms with van der Waals surface area (Å²) in [6.07, 6.45) is 9.49. The third-order valence-electron chi connectivity index (χ3n) is 12.9. The summed E-state index contributed by atoms with van der Waals surface area (Å²) < 4.78 is 34.5. The molecule has 0 radical (unpaired) electrons. The van der Waals surface area contributed by atoms with Crippen LogP contribution in [-0.4, -0.2) is 64.9 Å². The fourth-order valence-corrected chi connectivity index (χ4v) is 11.7. The number of hydrogen-bond acceptors (Lipinski definition) is 7. The lowest BCUT2D eigenvalue weighted by Crippen LogP contribution is -2.51. The van der Waals surface area contributed by atoms with E-state index in [2.05, 4.69) is 38.3 Å². The van der Waals surface area contributed by atoms with Gasteiger partial charge >= 0.3 is 0 Å². The van der Waals surface area contributed by atoms with E-state index >= 15 is 0 Å². The number of fused-ring (bicyclic) bond motifs is 4. The number of allylic oxidation sites excluding steroid dienone is 1. The molecule has 3 saturated carbocycles. The minimum absolute atomic E-state index is 0.0357. The molecule has 50 heavy (non-hydrogen) atoms. The molecular weight excluding hydrogens is 674 g/mol. The van der Waals surface area contributed by atoms with Gasteiger partial charge in [0.2, 0.25) is 5.91 Å². The predicted molar refractivity (Wildman–Crippen MR) is 194 cm³/mol. The van der Waals surface area contributed by atoms with Gasteiger partial charge in [-0.3, -0.25) is 14.3 Å². The van der Waals surface area contributed by atoms with Crippen LogP contribution in [0.3, 0.4) is 0 Å². The standard InChI is InChI=1S/C39H48ClN3O6S/c1-23-7-5-9-33(48-4)34-30-19-39(30,34)21-43-20-38(14-6-8-25-15-28(40)11-12-29(25)38)22-49-32-13-10-26(16-31(32)43)35(44)41-50(47,24(23)2)42-36(45)27-17-37(3,46)18-27/h5,9-13,15-16,23-24,27,30,33-34,46H,6-8,14,17-22H2,1-4H3,(H,41,42,44,45,47)/b9-5+. The number of ether oxygens (including phenoxy) is 2. The lowest BCUT2D eigenvalue weighted by atomic mass is 9.70. The second-order valence-electron chi connectivity index (χ2n) is 16.4. The van der Waals surface area contributed by atoms with E-state index in [0.717, 1.165) is 49.5 Å². The average molecular weight is 722 g/mol. The normalized spacial score (nSPS) is 40.8. The molecule has 8 atom stereocenters. The number of aliphatic hydroxyl groups is 1. The Bertz CT molecular complexity index is 1900. The molecule has 2 aromatic carbocycles. The molecule has 11 heteroatoms. The topological polar surface area (TPSA) is 118 Å². The molecule has 8 rings (SSSR count). The number of nitrogens with one attached hydrogen (secondary N) is 1. The number of aryl methyl sites for hydroxylation is 1. The highest BCUT2D eigenvalue weighted by atomic mass is 35.5. The number of rotatable bonds is 3. The highest BCUT2D eigenvalue weighted by Gasteiger charge is 2.80. The van der Waals surface area contributed by atoms with Crippen LogP contribution in [0.2, 0.25) is 5.02 Å². The first-order chi connectivity index (χ1) is 23.8. The molecule has 2 aliphatic heterocycles. The van der Waals surface area contributed by atoms with Gasteiger partial charge in [0.25, 0.3) is 5.91 Å². The molecule has 0 aromatic heterocycles. The molecule has 3 fully saturated rings. The second kappa shape index (κ2) is 12.1. The smallest absolute Gasteiger partial charge is 0.286 e. The summed E-state index contributed by atoms with van der Waals surface area (Å²) in [5.41, 5.74) is 2.64. The van der Waals surface area contributed by atoms with Crippen LogP contribution in [0.5, 0.6) is 5.75 Å². The minimum Gasteiger partial charge on any atom is -0.490 e. The molecule has 0 saturated heterocycles. The molecular formula is C39H48ClN3O6S. The van der Waals surface area contributed by atoms with Crippen molar-refractivity contribution in [2.75, 3.05) is 31.7 Å². The Balaban J connectivity index is 1.20. The largest absolute Gasteiger partial charge is 0.490 e. The Labute approximate surface area is 300 Å². The van der Waals surface area contributed by atoms with Gasteiger partial charge in [-0.05, 0) is 123 Å². The van der Waals surface area contributed by atoms with Crippen LogP contribution < -0.4 is 14.4 Å². The van der Waals surface area contributed by atoms with E-state index in [1.165, 1.54) is 11.1 Å². The lowest BCUT2D eigenvalue weighted by Gasteiger charge is -2.41. The van der Waals surface area contributed by atoms with Gasteiger partial charge < -0.3 is 19.5 Å². The molecule has 2 bridgehead atoms. The van der Waals surface area contributed by atoms with Crippen molar-refractivity contribution in [3.8, 4) is 5.75 Å². The van der Waals surface area contributed by atoms with E-state index in [9.17, 15) is 18.9 Å². The summed E-state index contributed by atoms with van der Waals surface area (Å²) in [5.74, 6) is -0.0396. The van der Waals surface area contributed by atoms with Crippen molar-refractivity contribution < 1.29 is 28.4 Å². The van der Waals surface area contributed by atoms with Gasteiger partial charge in [0.15, 0.2) is 0 Å². The summed E-state index contributed by atoms with van der Waals surface area (Å²) in [6, 6.07) is 11.6. The molecule has 2 N–H and O–H groups in total. The molecule has 6 aliphatic rings. The van der Waals surface area contributed by atoms with Crippen LogP contribution in [0.25, 0.3) is 0 Å². The fraction of sp³-hybridized carbons (Fsp3) is 0.590. The van der Waals surface area contributed by atoms with Gasteiger partial charge in [0.05, 0.1) is 29.2 Å². The predicted octanol–water partition coefficient (Wildman–Crippen LogP) is 6.25. The Hall–Kier alpha value is -2.92. The number of nitrogens with zero attached hydrogens (tertiary/aromatic N) is 2. The van der Waals surface area contributed by atoms with E-state index in [4.69, 9.17) is 21.1 Å². The molecule has 2 amide bonds. The summed E-state index contributed by atoms with van der Waals surface area (Å²) in [5, 5.41) is 10.4. The first-order valence-corrected chi connectivity index (χ1v) is 20.1. The summed E-state index contributed by atoms with van der Waals surface area (Å²) in [7, 11) is -1.78. The van der Waals surface area contributed by atoms with Crippen LogP contribution in [0.15, 0.2) is 52.9 Å². The van der Waals surface area contributed by atoms with Crippen molar-refractivity contribution in [3.63, 3.8) is 0 Å². The molecule has 9 nitrogen and oxygen atoms in total. The van der Waals surface area contributed by atoms with Crippen molar-refractivity contribution in [2.24, 2.45) is 33.4 Å². The zero-order chi connectivity index (χ0) is 35.2. The van der Waals surface area contributed by atoms with E-state index in [1.807, 2.05) is 25.1 Å². The monoisotopic (exact) mass is 721 g/mol. The van der Waals surface area contributed by atoms with Gasteiger partial charge in [-0.25, -0.2) is 4.21 Å². The second-order valence-corrected chi connectivity index (χ2v) is 19.1. The van der Waals surface area contributed by atoms with Gasteiger partial charge in [-0.1, -0.05) is 36.7 Å². The van der Waals surface area contributed by atoms with Gasteiger partial charge in [-0.2, -0.15) is 0 Å². The van der Waals surface area contributed by atoms with Crippen molar-refractivity contribution in [3.05, 3.63) is 70.3 Å². The number of amides is 2. The first kappa shape index (κ1) is 34.2. The third kappa shape index (κ3) is 5.78. The molecule has 2 spiro atoms. The number of benzene rings is 2. The Morgan fingerprint density at radius 2 is 1.96 bits per heavy atom. The maximum atomic E-state index is 14.7. The minimum atomic E-state index is -3.55. The fourth-order valence-electron chi connectivity index (χ4n) is 9.56. The first-order valence-electron chi connectivity index (χ1n) is 18.1. The Morgan fingerprint density at radius 1 is 1.16 bits per heavy atom. The van der Waals surface area contributed by atoms with Gasteiger partial charge in [0.1, 0.15) is 15.7 Å². The maximum Gasteiger partial charge on any atom is 0.286 e. The summed E-state index contributed by atoms with van der Waals surface area (Å²) >= 11 is 6.46. The number of halogens is 1. The molecule has 2 aromatic rings. The summed E-state index contributed by atoms with van der Waals surface area (Å²) in [4.78, 5) is 29.8. The zero-order valence-corrected chi connectivity index (χ0v) is 30.9. The highest BCUT2D eigenvalue weighted by molar-refractivity contribution is 7.93. The third-order valence-corrected chi connectivity index (χ3v) is 15.5. The summed E-state index contributed by atoms with van der Waals surface area (Å²) in [6.45, 7) is 7.50. The van der Waals surface area contributed by atoms with Gasteiger partial charge in [0, 0.05) is 42.1 Å². The van der Waals surface area contributed by atoms with Crippen LogP contribution in [0.4, 0.5) is 5.69 Å². The van der Waals surface area contributed by atoms with E-state index in [1.54, 1.807) is 27.0 Å².